The summed E-state index contributed by atoms with van der Waals surface area (Å²) >= 11 is 0. The first-order valence-electron chi connectivity index (χ1n) is 8.66. The average molecular weight is 370 g/mol. The van der Waals surface area contributed by atoms with E-state index in [-0.39, 0.29) is 12.5 Å². The van der Waals surface area contributed by atoms with Gasteiger partial charge in [0, 0.05) is 26.0 Å². The van der Waals surface area contributed by atoms with E-state index in [1.807, 2.05) is 17.8 Å². The van der Waals surface area contributed by atoms with E-state index >= 15 is 0 Å². The lowest BCUT2D eigenvalue weighted by atomic mass is 10.0. The number of nitrogens with zero attached hydrogens (tertiary/aromatic N) is 10. The van der Waals surface area contributed by atoms with Gasteiger partial charge in [-0.05, 0) is 11.6 Å². The predicted molar refractivity (Wildman–Crippen MR) is 88.8 cm³/mol. The van der Waals surface area contributed by atoms with E-state index in [0.717, 1.165) is 23.9 Å². The van der Waals surface area contributed by atoms with E-state index in [4.69, 9.17) is 4.74 Å². The average Bonchev–Trinajstić information content (AvgIpc) is 3.43. The van der Waals surface area contributed by atoms with Crippen molar-refractivity contribution in [3.8, 4) is 11.6 Å². The number of aryl methyl sites for hydroxylation is 1. The molecule has 12 nitrogen and oxygen atoms in total. The molecule has 3 aromatic heterocycles. The number of carbonyl (C=O) groups excluding carboxylic acids is 1. The largest absolute Gasteiger partial charge is 0.363 e. The number of hydrogen-bond donors (Lipinski definition) is 0. The predicted octanol–water partition coefficient (Wildman–Crippen LogP) is -1.13. The van der Waals surface area contributed by atoms with Gasteiger partial charge in [0.25, 0.3) is 0 Å². The van der Waals surface area contributed by atoms with Gasteiger partial charge in [-0.25, -0.2) is 4.98 Å². The minimum Gasteiger partial charge on any atom is -0.363 e. The standard InChI is InChI=1S/C15H18N10O2/c1-22-5-3-16-13(22)14-20-19-11-7-27-15(9-24(11)14)2-4-23(8-15)12(26)6-25-18-10-17-21-25/h3,5,10H,2,4,6-9H2,1H3. The highest BCUT2D eigenvalue weighted by molar-refractivity contribution is 5.76. The number of imidazole rings is 1. The molecule has 0 saturated carbocycles. The lowest BCUT2D eigenvalue weighted by molar-refractivity contribution is -0.134. The van der Waals surface area contributed by atoms with Crippen LogP contribution in [0.25, 0.3) is 11.6 Å². The van der Waals surface area contributed by atoms with Gasteiger partial charge in [0.15, 0.2) is 23.8 Å². The van der Waals surface area contributed by atoms with Gasteiger partial charge in [0.2, 0.25) is 5.91 Å². The molecule has 1 spiro atoms. The molecule has 1 amide bonds. The maximum Gasteiger partial charge on any atom is 0.246 e. The Balaban J connectivity index is 1.36. The number of fused-ring (bicyclic) bond motifs is 1. The van der Waals surface area contributed by atoms with Crippen molar-refractivity contribution in [3.63, 3.8) is 0 Å². The van der Waals surface area contributed by atoms with Crippen LogP contribution in [0, 0.1) is 0 Å². The first kappa shape index (κ1) is 16.1. The molecule has 1 unspecified atom stereocenters. The highest BCUT2D eigenvalue weighted by Gasteiger charge is 2.45. The molecule has 140 valence electrons. The zero-order valence-corrected chi connectivity index (χ0v) is 14.8. The fourth-order valence-corrected chi connectivity index (χ4v) is 3.69. The number of rotatable bonds is 3. The molecule has 1 atom stereocenters. The van der Waals surface area contributed by atoms with Gasteiger partial charge >= 0.3 is 0 Å². The maximum atomic E-state index is 12.5. The third-order valence-electron chi connectivity index (χ3n) is 5.14. The fourth-order valence-electron chi connectivity index (χ4n) is 3.69. The Bertz CT molecular complexity index is 977. The second-order valence-electron chi connectivity index (χ2n) is 6.89. The SMILES string of the molecule is Cn1ccnc1-c1nnc2n1CC1(CCN(C(=O)Cn3ncnn3)C1)OC2. The monoisotopic (exact) mass is 370 g/mol. The van der Waals surface area contributed by atoms with E-state index in [1.54, 1.807) is 11.1 Å². The van der Waals surface area contributed by atoms with E-state index in [2.05, 4.69) is 35.2 Å². The first-order valence-corrected chi connectivity index (χ1v) is 8.66. The second-order valence-corrected chi connectivity index (χ2v) is 6.89. The van der Waals surface area contributed by atoms with Crippen LogP contribution in [-0.2, 0) is 36.3 Å². The molecule has 0 radical (unpaired) electrons. The molecule has 3 aromatic rings. The summed E-state index contributed by atoms with van der Waals surface area (Å²) in [5.74, 6) is 2.20. The number of aromatic nitrogens is 9. The van der Waals surface area contributed by atoms with Crippen LogP contribution in [0.4, 0.5) is 0 Å². The van der Waals surface area contributed by atoms with Gasteiger partial charge in [-0.3, -0.25) is 4.79 Å². The number of tetrazole rings is 1. The first-order chi connectivity index (χ1) is 13.1. The summed E-state index contributed by atoms with van der Waals surface area (Å²) in [4.78, 5) is 20.0. The third-order valence-corrected chi connectivity index (χ3v) is 5.14. The minimum atomic E-state index is -0.444. The molecule has 2 aliphatic heterocycles. The lowest BCUT2D eigenvalue weighted by Crippen LogP contribution is -2.45. The van der Waals surface area contributed by atoms with Crippen molar-refractivity contribution in [2.45, 2.75) is 31.7 Å². The molecule has 2 aliphatic rings. The lowest BCUT2D eigenvalue weighted by Gasteiger charge is -2.34. The van der Waals surface area contributed by atoms with Crippen LogP contribution in [0.1, 0.15) is 12.2 Å². The second kappa shape index (κ2) is 5.94. The van der Waals surface area contributed by atoms with Crippen LogP contribution < -0.4 is 0 Å². The number of carbonyl (C=O) groups is 1. The van der Waals surface area contributed by atoms with Crippen LogP contribution in [0.15, 0.2) is 18.7 Å². The highest BCUT2D eigenvalue weighted by Crippen LogP contribution is 2.34. The molecule has 12 heteroatoms. The van der Waals surface area contributed by atoms with Gasteiger partial charge in [0.05, 0.1) is 13.1 Å². The number of likely N-dealkylation sites (tertiary alicyclic amines) is 1. The number of amides is 1. The summed E-state index contributed by atoms with van der Waals surface area (Å²) in [6.07, 6.45) is 5.68. The Kier molecular flexibility index (Phi) is 3.53. The fraction of sp³-hybridized carbons (Fsp3) is 0.533. The Labute approximate surface area is 153 Å². The van der Waals surface area contributed by atoms with Crippen LogP contribution in [0.3, 0.4) is 0 Å². The maximum absolute atomic E-state index is 12.5. The van der Waals surface area contributed by atoms with Crippen LogP contribution in [-0.4, -0.2) is 74.0 Å². The molecule has 1 saturated heterocycles. The quantitative estimate of drug-likeness (QED) is 0.567. The summed E-state index contributed by atoms with van der Waals surface area (Å²) in [6.45, 7) is 2.17. The van der Waals surface area contributed by atoms with Crippen molar-refractivity contribution in [2.75, 3.05) is 13.1 Å². The van der Waals surface area contributed by atoms with Crippen molar-refractivity contribution < 1.29 is 9.53 Å². The normalized spacial score (nSPS) is 21.7. The van der Waals surface area contributed by atoms with E-state index < -0.39 is 5.60 Å². The summed E-state index contributed by atoms with van der Waals surface area (Å²) in [5.41, 5.74) is -0.444. The van der Waals surface area contributed by atoms with Crippen molar-refractivity contribution in [2.24, 2.45) is 7.05 Å². The Morgan fingerprint density at radius 2 is 2.22 bits per heavy atom. The summed E-state index contributed by atoms with van der Waals surface area (Å²) < 4.78 is 10.1. The van der Waals surface area contributed by atoms with E-state index in [1.165, 1.54) is 11.1 Å². The summed E-state index contributed by atoms with van der Waals surface area (Å²) in [6, 6.07) is 0. The molecular formula is C15H18N10O2. The topological polar surface area (TPSA) is 122 Å². The third kappa shape index (κ3) is 2.68. The molecule has 0 N–H and O–H groups in total. The van der Waals surface area contributed by atoms with E-state index in [0.29, 0.717) is 26.2 Å². The zero-order valence-electron chi connectivity index (χ0n) is 14.8. The Morgan fingerprint density at radius 1 is 1.30 bits per heavy atom. The molecule has 27 heavy (non-hydrogen) atoms. The van der Waals surface area contributed by atoms with Gasteiger partial charge < -0.3 is 18.8 Å². The Morgan fingerprint density at radius 3 is 3.00 bits per heavy atom. The van der Waals surface area contributed by atoms with Crippen LogP contribution >= 0.6 is 0 Å². The minimum absolute atomic E-state index is 0.0487. The molecular weight excluding hydrogens is 352 g/mol. The molecule has 0 bridgehead atoms. The van der Waals surface area contributed by atoms with E-state index in [9.17, 15) is 4.79 Å². The molecule has 0 aromatic carbocycles. The molecule has 1 fully saturated rings. The van der Waals surface area contributed by atoms with Crippen molar-refractivity contribution in [1.82, 2.24) is 49.4 Å². The smallest absolute Gasteiger partial charge is 0.246 e. The van der Waals surface area contributed by atoms with Gasteiger partial charge in [-0.1, -0.05) is 0 Å². The molecule has 0 aliphatic carbocycles. The zero-order chi connectivity index (χ0) is 18.4. The summed E-state index contributed by atoms with van der Waals surface area (Å²) in [7, 11) is 1.92. The van der Waals surface area contributed by atoms with Crippen molar-refractivity contribution in [1.29, 1.82) is 0 Å². The molecule has 5 rings (SSSR count). The van der Waals surface area contributed by atoms with Gasteiger partial charge in [-0.2, -0.15) is 4.80 Å². The van der Waals surface area contributed by atoms with Crippen LogP contribution in [0.5, 0.6) is 0 Å². The summed E-state index contributed by atoms with van der Waals surface area (Å²) in [5, 5.41) is 19.8. The van der Waals surface area contributed by atoms with Gasteiger partial charge in [0.1, 0.15) is 18.8 Å². The highest BCUT2D eigenvalue weighted by atomic mass is 16.5. The van der Waals surface area contributed by atoms with Crippen molar-refractivity contribution >= 4 is 5.91 Å². The van der Waals surface area contributed by atoms with Gasteiger partial charge in [-0.15, -0.1) is 20.4 Å². The number of ether oxygens (including phenoxy) is 1. The Hall–Kier alpha value is -3.15. The number of hydrogen-bond acceptors (Lipinski definition) is 8. The van der Waals surface area contributed by atoms with Crippen molar-refractivity contribution in [3.05, 3.63) is 24.5 Å². The molecule has 5 heterocycles. The van der Waals surface area contributed by atoms with Crippen LogP contribution in [0.2, 0.25) is 0 Å².